The molecule has 1 aliphatic carbocycles. The van der Waals surface area contributed by atoms with Crippen molar-refractivity contribution >= 4 is 23.3 Å². The first-order valence-corrected chi connectivity index (χ1v) is 9.71. The lowest BCUT2D eigenvalue weighted by Gasteiger charge is -2.31. The Hall–Kier alpha value is -2.33. The zero-order valence-corrected chi connectivity index (χ0v) is 16.2. The van der Waals surface area contributed by atoms with E-state index < -0.39 is 0 Å². The monoisotopic (exact) mass is 385 g/mol. The van der Waals surface area contributed by atoms with E-state index in [2.05, 4.69) is 0 Å². The lowest BCUT2D eigenvalue weighted by Crippen LogP contribution is -2.40. The number of carbonyl (C=O) groups is 2. The van der Waals surface area contributed by atoms with Gasteiger partial charge in [0.2, 0.25) is 0 Å². The third-order valence-electron chi connectivity index (χ3n) is 5.10. The molecule has 27 heavy (non-hydrogen) atoms. The van der Waals surface area contributed by atoms with Crippen molar-refractivity contribution in [1.29, 1.82) is 0 Å². The summed E-state index contributed by atoms with van der Waals surface area (Å²) in [7, 11) is 1.86. The van der Waals surface area contributed by atoms with Crippen LogP contribution in [-0.4, -0.2) is 36.3 Å². The molecule has 1 amide bonds. The molecule has 2 aromatic rings. The van der Waals surface area contributed by atoms with Crippen molar-refractivity contribution in [2.24, 2.45) is 0 Å². The van der Waals surface area contributed by atoms with E-state index in [1.54, 1.807) is 48.5 Å². The number of likely N-dealkylation sites (N-methyl/N-ethyl adjacent to an activating group) is 1. The van der Waals surface area contributed by atoms with Crippen molar-refractivity contribution in [1.82, 2.24) is 4.90 Å². The van der Waals surface area contributed by atoms with Crippen LogP contribution in [0.5, 0.6) is 5.75 Å². The SMILES string of the molecule is CN(C(=O)COc1ccc(C(=O)c2ccc(Cl)cc2)cc1)C1CCCCC1. The van der Waals surface area contributed by atoms with E-state index in [-0.39, 0.29) is 18.3 Å². The van der Waals surface area contributed by atoms with E-state index in [4.69, 9.17) is 16.3 Å². The highest BCUT2D eigenvalue weighted by Crippen LogP contribution is 2.22. The fraction of sp³-hybridized carbons (Fsp3) is 0.364. The van der Waals surface area contributed by atoms with E-state index in [1.165, 1.54) is 19.3 Å². The molecule has 5 heteroatoms. The van der Waals surface area contributed by atoms with E-state index in [9.17, 15) is 9.59 Å². The van der Waals surface area contributed by atoms with Gasteiger partial charge in [0.05, 0.1) is 0 Å². The van der Waals surface area contributed by atoms with Crippen molar-refractivity contribution < 1.29 is 14.3 Å². The van der Waals surface area contributed by atoms with E-state index in [1.807, 2.05) is 11.9 Å². The van der Waals surface area contributed by atoms with Gasteiger partial charge in [-0.3, -0.25) is 9.59 Å². The smallest absolute Gasteiger partial charge is 0.260 e. The number of rotatable bonds is 6. The number of halogens is 1. The van der Waals surface area contributed by atoms with E-state index >= 15 is 0 Å². The van der Waals surface area contributed by atoms with Crippen LogP contribution >= 0.6 is 11.6 Å². The maximum absolute atomic E-state index is 12.5. The van der Waals surface area contributed by atoms with Crippen molar-refractivity contribution in [2.45, 2.75) is 38.1 Å². The summed E-state index contributed by atoms with van der Waals surface area (Å²) in [4.78, 5) is 26.6. The average molecular weight is 386 g/mol. The molecule has 0 unspecified atom stereocenters. The maximum Gasteiger partial charge on any atom is 0.260 e. The molecule has 0 bridgehead atoms. The van der Waals surface area contributed by atoms with E-state index in [0.29, 0.717) is 27.9 Å². The topological polar surface area (TPSA) is 46.6 Å². The number of ketones is 1. The summed E-state index contributed by atoms with van der Waals surface area (Å²) in [5, 5.41) is 0.596. The summed E-state index contributed by atoms with van der Waals surface area (Å²) in [6.07, 6.45) is 5.78. The second-order valence-corrected chi connectivity index (χ2v) is 7.38. The maximum atomic E-state index is 12.5. The van der Waals surface area contributed by atoms with Crippen molar-refractivity contribution in [3.05, 3.63) is 64.7 Å². The fourth-order valence-corrected chi connectivity index (χ4v) is 3.52. The number of hydrogen-bond acceptors (Lipinski definition) is 3. The highest BCUT2D eigenvalue weighted by atomic mass is 35.5. The fourth-order valence-electron chi connectivity index (χ4n) is 3.39. The summed E-state index contributed by atoms with van der Waals surface area (Å²) in [6, 6.07) is 14.0. The predicted molar refractivity (Wildman–Crippen MR) is 106 cm³/mol. The van der Waals surface area contributed by atoms with Crippen LogP contribution in [0, 0.1) is 0 Å². The molecule has 0 heterocycles. The zero-order chi connectivity index (χ0) is 19.2. The van der Waals surface area contributed by atoms with Crippen LogP contribution in [0.2, 0.25) is 5.02 Å². The summed E-state index contributed by atoms with van der Waals surface area (Å²) in [5.41, 5.74) is 1.15. The third-order valence-corrected chi connectivity index (χ3v) is 5.35. The molecule has 3 rings (SSSR count). The van der Waals surface area contributed by atoms with Gasteiger partial charge in [-0.15, -0.1) is 0 Å². The number of amides is 1. The molecule has 0 N–H and O–H groups in total. The van der Waals surface area contributed by atoms with Crippen LogP contribution in [0.25, 0.3) is 0 Å². The molecule has 1 aliphatic rings. The minimum atomic E-state index is -0.0775. The van der Waals surface area contributed by atoms with Gasteiger partial charge in [0.15, 0.2) is 12.4 Å². The first kappa shape index (κ1) is 19.4. The summed E-state index contributed by atoms with van der Waals surface area (Å²) >= 11 is 5.86. The van der Waals surface area contributed by atoms with Crippen LogP contribution in [0.3, 0.4) is 0 Å². The predicted octanol–water partition coefficient (Wildman–Crippen LogP) is 4.74. The Balaban J connectivity index is 1.55. The lowest BCUT2D eigenvalue weighted by atomic mass is 9.94. The Bertz CT molecular complexity index is 780. The van der Waals surface area contributed by atoms with Gasteiger partial charge < -0.3 is 9.64 Å². The van der Waals surface area contributed by atoms with Gasteiger partial charge >= 0.3 is 0 Å². The van der Waals surface area contributed by atoms with Crippen LogP contribution in [0.1, 0.15) is 48.0 Å². The molecule has 0 aromatic heterocycles. The second-order valence-electron chi connectivity index (χ2n) is 6.95. The largest absolute Gasteiger partial charge is 0.484 e. The molecule has 142 valence electrons. The van der Waals surface area contributed by atoms with Gasteiger partial charge in [-0.1, -0.05) is 30.9 Å². The molecular weight excluding hydrogens is 362 g/mol. The Morgan fingerprint density at radius 1 is 0.963 bits per heavy atom. The molecule has 0 radical (unpaired) electrons. The second kappa shape index (κ2) is 9.05. The minimum Gasteiger partial charge on any atom is -0.484 e. The normalized spacial score (nSPS) is 14.6. The molecule has 2 aromatic carbocycles. The number of benzene rings is 2. The number of ether oxygens (including phenoxy) is 1. The minimum absolute atomic E-state index is 0.0109. The molecule has 1 saturated carbocycles. The van der Waals surface area contributed by atoms with Crippen LogP contribution in [0.4, 0.5) is 0 Å². The standard InChI is InChI=1S/C22H24ClNO3/c1-24(19-5-3-2-4-6-19)21(25)15-27-20-13-9-17(10-14-20)22(26)16-7-11-18(23)12-8-16/h7-14,19H,2-6,15H2,1H3. The number of nitrogens with zero attached hydrogens (tertiary/aromatic N) is 1. The van der Waals surface area contributed by atoms with Gasteiger partial charge in [0.1, 0.15) is 5.75 Å². The summed E-state index contributed by atoms with van der Waals surface area (Å²) in [6.45, 7) is 0.0114. The number of carbonyl (C=O) groups excluding carboxylic acids is 2. The quantitative estimate of drug-likeness (QED) is 0.674. The Morgan fingerprint density at radius 2 is 1.52 bits per heavy atom. The molecule has 0 spiro atoms. The van der Waals surface area contributed by atoms with Crippen molar-refractivity contribution in [2.75, 3.05) is 13.7 Å². The molecule has 0 aliphatic heterocycles. The van der Waals surface area contributed by atoms with Gasteiger partial charge in [0.25, 0.3) is 5.91 Å². The third kappa shape index (κ3) is 5.10. The van der Waals surface area contributed by atoms with Crippen LogP contribution in [0.15, 0.2) is 48.5 Å². The van der Waals surface area contributed by atoms with Gasteiger partial charge in [-0.05, 0) is 61.4 Å². The van der Waals surface area contributed by atoms with E-state index in [0.717, 1.165) is 12.8 Å². The molecular formula is C22H24ClNO3. The van der Waals surface area contributed by atoms with Gasteiger partial charge in [-0.25, -0.2) is 0 Å². The van der Waals surface area contributed by atoms with Crippen molar-refractivity contribution in [3.8, 4) is 5.75 Å². The molecule has 1 fully saturated rings. The highest BCUT2D eigenvalue weighted by Gasteiger charge is 2.22. The van der Waals surface area contributed by atoms with Crippen LogP contribution in [-0.2, 0) is 4.79 Å². The average Bonchev–Trinajstić information content (AvgIpc) is 2.72. The number of hydrogen-bond donors (Lipinski definition) is 0. The van der Waals surface area contributed by atoms with Crippen LogP contribution < -0.4 is 4.74 Å². The summed E-state index contributed by atoms with van der Waals surface area (Å²) < 4.78 is 5.62. The highest BCUT2D eigenvalue weighted by molar-refractivity contribution is 6.30. The first-order chi connectivity index (χ1) is 13.0. The van der Waals surface area contributed by atoms with Gasteiger partial charge in [-0.2, -0.15) is 0 Å². The van der Waals surface area contributed by atoms with Crippen molar-refractivity contribution in [3.63, 3.8) is 0 Å². The molecule has 0 saturated heterocycles. The molecule has 4 nitrogen and oxygen atoms in total. The first-order valence-electron chi connectivity index (χ1n) is 9.33. The molecule has 0 atom stereocenters. The lowest BCUT2D eigenvalue weighted by molar-refractivity contribution is -0.134. The summed E-state index contributed by atoms with van der Waals surface area (Å²) in [5.74, 6) is 0.489. The Morgan fingerprint density at radius 3 is 2.11 bits per heavy atom. The van der Waals surface area contributed by atoms with Gasteiger partial charge in [0, 0.05) is 29.2 Å². The zero-order valence-electron chi connectivity index (χ0n) is 15.5. The Labute approximate surface area is 165 Å². The Kier molecular flexibility index (Phi) is 6.51.